The van der Waals surface area contributed by atoms with Gasteiger partial charge in [-0.15, -0.1) is 0 Å². The summed E-state index contributed by atoms with van der Waals surface area (Å²) in [5.74, 6) is 0.193. The molecule has 1 aliphatic rings. The van der Waals surface area contributed by atoms with Gasteiger partial charge in [-0.2, -0.15) is 5.26 Å². The second-order valence-corrected chi connectivity index (χ2v) is 8.69. The molecule has 0 saturated heterocycles. The number of carbonyl (C=O) groups is 2. The Morgan fingerprint density at radius 3 is 2.53 bits per heavy atom. The number of pyridine rings is 2. The topological polar surface area (TPSA) is 145 Å². The number of carbonyl (C=O) groups excluding carboxylic acids is 2. The van der Waals surface area contributed by atoms with Crippen LogP contribution >= 0.6 is 0 Å². The standard InChI is InChI=1S/C21H25N3O3.C6H5N3/c1-13(12-25)23-21(27)19-8-6-18(11-22-19)16-7-9-20-17(10-16)5-4-14(2)24(20)15(3)26;7-3-5-1-2-6(8)9-4-5/h6-11,13-14,25H,4-5,12H2,1-3H3,(H,23,27);1-2,4H,(H2,8,9)/t13?,14-;/m0./s1. The van der Waals surface area contributed by atoms with E-state index >= 15 is 0 Å². The van der Waals surface area contributed by atoms with Crippen molar-refractivity contribution < 1.29 is 14.7 Å². The molecule has 1 aromatic carbocycles. The molecule has 4 rings (SSSR count). The highest BCUT2D eigenvalue weighted by Gasteiger charge is 2.26. The number of benzene rings is 1. The molecule has 1 unspecified atom stereocenters. The lowest BCUT2D eigenvalue weighted by atomic mass is 9.93. The molecule has 9 nitrogen and oxygen atoms in total. The summed E-state index contributed by atoms with van der Waals surface area (Å²) < 4.78 is 0. The fourth-order valence-corrected chi connectivity index (χ4v) is 3.92. The quantitative estimate of drug-likeness (QED) is 0.514. The molecule has 2 aromatic heterocycles. The van der Waals surface area contributed by atoms with Crippen molar-refractivity contribution in [2.75, 3.05) is 17.2 Å². The number of aryl methyl sites for hydroxylation is 1. The Morgan fingerprint density at radius 1 is 1.19 bits per heavy atom. The molecule has 2 amide bonds. The summed E-state index contributed by atoms with van der Waals surface area (Å²) in [7, 11) is 0. The molecule has 186 valence electrons. The second kappa shape index (κ2) is 11.9. The van der Waals surface area contributed by atoms with Crippen LogP contribution in [0.2, 0.25) is 0 Å². The molecule has 0 spiro atoms. The average Bonchev–Trinajstić information content (AvgIpc) is 2.89. The number of nitriles is 1. The van der Waals surface area contributed by atoms with Crippen LogP contribution in [0.3, 0.4) is 0 Å². The van der Waals surface area contributed by atoms with E-state index in [0.717, 1.165) is 35.2 Å². The van der Waals surface area contributed by atoms with E-state index in [0.29, 0.717) is 17.1 Å². The second-order valence-electron chi connectivity index (χ2n) is 8.69. The molecule has 0 saturated carbocycles. The molecule has 9 heteroatoms. The Labute approximate surface area is 210 Å². The minimum Gasteiger partial charge on any atom is -0.394 e. The van der Waals surface area contributed by atoms with Crippen LogP contribution in [0, 0.1) is 11.3 Å². The van der Waals surface area contributed by atoms with Gasteiger partial charge in [-0.1, -0.05) is 12.1 Å². The highest BCUT2D eigenvalue weighted by Crippen LogP contribution is 2.34. The maximum Gasteiger partial charge on any atom is 0.270 e. The molecule has 2 atom stereocenters. The summed E-state index contributed by atoms with van der Waals surface area (Å²) >= 11 is 0. The van der Waals surface area contributed by atoms with Gasteiger partial charge in [0.15, 0.2) is 0 Å². The zero-order chi connectivity index (χ0) is 26.2. The summed E-state index contributed by atoms with van der Waals surface area (Å²) in [6.45, 7) is 5.29. The minimum absolute atomic E-state index is 0.0605. The number of hydrogen-bond donors (Lipinski definition) is 3. The summed E-state index contributed by atoms with van der Waals surface area (Å²) in [6, 6.07) is 14.7. The number of amides is 2. The van der Waals surface area contributed by atoms with E-state index in [1.54, 1.807) is 38.2 Å². The van der Waals surface area contributed by atoms with E-state index in [1.165, 1.54) is 6.20 Å². The van der Waals surface area contributed by atoms with Crippen molar-refractivity contribution in [2.24, 2.45) is 0 Å². The fraction of sp³-hybridized carbons (Fsp3) is 0.296. The number of anilines is 2. The lowest BCUT2D eigenvalue weighted by Gasteiger charge is -2.34. The van der Waals surface area contributed by atoms with E-state index in [4.69, 9.17) is 16.1 Å². The van der Waals surface area contributed by atoms with Crippen LogP contribution in [-0.4, -0.2) is 45.6 Å². The molecular formula is C27H30N6O3. The van der Waals surface area contributed by atoms with Gasteiger partial charge in [0.05, 0.1) is 12.2 Å². The Bertz CT molecular complexity index is 1250. The van der Waals surface area contributed by atoms with E-state index in [2.05, 4.69) is 28.3 Å². The minimum atomic E-state index is -0.314. The summed E-state index contributed by atoms with van der Waals surface area (Å²) in [5, 5.41) is 20.0. The van der Waals surface area contributed by atoms with E-state index in [9.17, 15) is 9.59 Å². The highest BCUT2D eigenvalue weighted by molar-refractivity contribution is 5.94. The number of nitrogen functional groups attached to an aromatic ring is 1. The SMILES string of the molecule is CC(=O)N1c2ccc(-c3ccc(C(=O)NC(C)CO)nc3)cc2CC[C@@H]1C.N#Cc1ccc(N)nc1. The predicted octanol–water partition coefficient (Wildman–Crippen LogP) is 3.08. The first-order valence-corrected chi connectivity index (χ1v) is 11.7. The third-order valence-corrected chi connectivity index (χ3v) is 5.85. The van der Waals surface area contributed by atoms with Gasteiger partial charge in [0, 0.05) is 42.7 Å². The first-order valence-electron chi connectivity index (χ1n) is 11.7. The van der Waals surface area contributed by atoms with Crippen LogP contribution < -0.4 is 16.0 Å². The average molecular weight is 487 g/mol. The molecule has 0 fully saturated rings. The smallest absolute Gasteiger partial charge is 0.270 e. The van der Waals surface area contributed by atoms with Gasteiger partial charge in [-0.3, -0.25) is 14.6 Å². The van der Waals surface area contributed by atoms with Crippen molar-refractivity contribution in [3.63, 3.8) is 0 Å². The molecule has 3 aromatic rings. The first-order chi connectivity index (χ1) is 17.2. The summed E-state index contributed by atoms with van der Waals surface area (Å²) in [5.41, 5.74) is 10.2. The van der Waals surface area contributed by atoms with Gasteiger partial charge in [0.1, 0.15) is 17.6 Å². The number of aromatic nitrogens is 2. The number of rotatable bonds is 4. The van der Waals surface area contributed by atoms with Gasteiger partial charge < -0.3 is 21.1 Å². The van der Waals surface area contributed by atoms with Crippen molar-refractivity contribution in [3.05, 3.63) is 71.7 Å². The maximum atomic E-state index is 12.1. The maximum absolute atomic E-state index is 12.1. The number of hydrogen-bond acceptors (Lipinski definition) is 7. The largest absolute Gasteiger partial charge is 0.394 e. The summed E-state index contributed by atoms with van der Waals surface area (Å²) in [4.78, 5) is 33.9. The van der Waals surface area contributed by atoms with Crippen molar-refractivity contribution in [3.8, 4) is 17.2 Å². The zero-order valence-corrected chi connectivity index (χ0v) is 20.6. The molecule has 36 heavy (non-hydrogen) atoms. The molecular weight excluding hydrogens is 456 g/mol. The van der Waals surface area contributed by atoms with Gasteiger partial charge in [-0.05, 0) is 68.1 Å². The molecule has 3 heterocycles. The fourth-order valence-electron chi connectivity index (χ4n) is 3.92. The lowest BCUT2D eigenvalue weighted by Crippen LogP contribution is -2.40. The lowest BCUT2D eigenvalue weighted by molar-refractivity contribution is -0.117. The number of aliphatic hydroxyl groups is 1. The predicted molar refractivity (Wildman–Crippen MR) is 138 cm³/mol. The third-order valence-electron chi connectivity index (χ3n) is 5.85. The number of aliphatic hydroxyl groups excluding tert-OH is 1. The Hall–Kier alpha value is -4.29. The molecule has 0 bridgehead atoms. The monoisotopic (exact) mass is 486 g/mol. The molecule has 1 aliphatic heterocycles. The van der Waals surface area contributed by atoms with Gasteiger partial charge in [0.25, 0.3) is 5.91 Å². The Balaban J connectivity index is 0.000000338. The van der Waals surface area contributed by atoms with Crippen molar-refractivity contribution in [1.82, 2.24) is 15.3 Å². The van der Waals surface area contributed by atoms with Crippen molar-refractivity contribution in [1.29, 1.82) is 5.26 Å². The van der Waals surface area contributed by atoms with Crippen LogP contribution in [0.25, 0.3) is 11.1 Å². The number of nitrogens with zero attached hydrogens (tertiary/aromatic N) is 4. The van der Waals surface area contributed by atoms with Gasteiger partial charge in [0.2, 0.25) is 5.91 Å². The molecule has 0 radical (unpaired) electrons. The van der Waals surface area contributed by atoms with Crippen molar-refractivity contribution in [2.45, 2.75) is 45.7 Å². The van der Waals surface area contributed by atoms with Crippen LogP contribution in [0.15, 0.2) is 54.9 Å². The van der Waals surface area contributed by atoms with Gasteiger partial charge in [-0.25, -0.2) is 4.98 Å². The molecule has 4 N–H and O–H groups in total. The number of fused-ring (bicyclic) bond motifs is 1. The zero-order valence-electron chi connectivity index (χ0n) is 20.6. The third kappa shape index (κ3) is 6.43. The van der Waals surface area contributed by atoms with Gasteiger partial charge >= 0.3 is 0 Å². The molecule has 0 aliphatic carbocycles. The van der Waals surface area contributed by atoms with E-state index in [1.807, 2.05) is 29.2 Å². The Kier molecular flexibility index (Phi) is 8.71. The number of nitrogens with one attached hydrogen (secondary N) is 1. The van der Waals surface area contributed by atoms with Crippen LogP contribution in [0.4, 0.5) is 11.5 Å². The first kappa shape index (κ1) is 26.3. The summed E-state index contributed by atoms with van der Waals surface area (Å²) in [6.07, 6.45) is 4.99. The normalized spacial score (nSPS) is 15.0. The highest BCUT2D eigenvalue weighted by atomic mass is 16.3. The van der Waals surface area contributed by atoms with Crippen molar-refractivity contribution >= 4 is 23.3 Å². The van der Waals surface area contributed by atoms with Crippen LogP contribution in [0.5, 0.6) is 0 Å². The van der Waals surface area contributed by atoms with E-state index < -0.39 is 0 Å². The van der Waals surface area contributed by atoms with Crippen LogP contribution in [-0.2, 0) is 11.2 Å². The van der Waals surface area contributed by atoms with E-state index in [-0.39, 0.29) is 30.5 Å². The van der Waals surface area contributed by atoms with Crippen LogP contribution in [0.1, 0.15) is 48.8 Å². The number of nitrogens with two attached hydrogens (primary N) is 1. The Morgan fingerprint density at radius 2 is 1.94 bits per heavy atom.